The molecular weight excluding hydrogens is 338 g/mol. The molecule has 5 heteroatoms. The van der Waals surface area contributed by atoms with E-state index in [-0.39, 0.29) is 11.7 Å². The molecule has 0 spiro atoms. The van der Waals surface area contributed by atoms with Crippen LogP contribution in [0.25, 0.3) is 11.0 Å². The summed E-state index contributed by atoms with van der Waals surface area (Å²) >= 11 is 0. The lowest BCUT2D eigenvalue weighted by molar-refractivity contribution is -0.117. The molecule has 0 aliphatic heterocycles. The SMILES string of the molecule is O=C(CC1CCCCC1)Nc1ccc2nc(Cc3cccc(O)c3)[nH]c2c1. The van der Waals surface area contributed by atoms with Crippen molar-refractivity contribution in [1.29, 1.82) is 0 Å². The molecule has 5 nitrogen and oxygen atoms in total. The van der Waals surface area contributed by atoms with Crippen LogP contribution in [0.3, 0.4) is 0 Å². The number of carbonyl (C=O) groups excluding carboxylic acids is 1. The van der Waals surface area contributed by atoms with Crippen LogP contribution in [0.15, 0.2) is 42.5 Å². The molecule has 3 aromatic rings. The van der Waals surface area contributed by atoms with Crippen molar-refractivity contribution in [2.45, 2.75) is 44.9 Å². The van der Waals surface area contributed by atoms with Crippen LogP contribution in [-0.4, -0.2) is 21.0 Å². The number of benzene rings is 2. The van der Waals surface area contributed by atoms with Crippen LogP contribution in [0.2, 0.25) is 0 Å². The van der Waals surface area contributed by atoms with Crippen LogP contribution in [0.1, 0.15) is 49.9 Å². The van der Waals surface area contributed by atoms with E-state index in [4.69, 9.17) is 0 Å². The van der Waals surface area contributed by atoms with Crippen molar-refractivity contribution in [1.82, 2.24) is 9.97 Å². The van der Waals surface area contributed by atoms with Gasteiger partial charge in [-0.15, -0.1) is 0 Å². The average molecular weight is 363 g/mol. The van der Waals surface area contributed by atoms with Crippen LogP contribution in [-0.2, 0) is 11.2 Å². The smallest absolute Gasteiger partial charge is 0.224 e. The number of H-pyrrole nitrogens is 1. The molecule has 3 N–H and O–H groups in total. The molecule has 1 aliphatic carbocycles. The van der Waals surface area contributed by atoms with Gasteiger partial charge in [0.15, 0.2) is 0 Å². The van der Waals surface area contributed by atoms with Gasteiger partial charge in [0.1, 0.15) is 11.6 Å². The number of nitrogens with one attached hydrogen (secondary N) is 2. The number of aromatic nitrogens is 2. The first-order valence-electron chi connectivity index (χ1n) is 9.72. The molecule has 0 atom stereocenters. The number of anilines is 1. The van der Waals surface area contributed by atoms with Gasteiger partial charge in [-0.05, 0) is 54.7 Å². The quantitative estimate of drug-likeness (QED) is 0.611. The van der Waals surface area contributed by atoms with Crippen LogP contribution in [0.5, 0.6) is 5.75 Å². The Hall–Kier alpha value is -2.82. The molecule has 4 rings (SSSR count). The molecule has 1 heterocycles. The zero-order valence-corrected chi connectivity index (χ0v) is 15.4. The Bertz CT molecular complexity index is 942. The highest BCUT2D eigenvalue weighted by atomic mass is 16.3. The third-order valence-electron chi connectivity index (χ3n) is 5.30. The number of aromatic hydroxyl groups is 1. The summed E-state index contributed by atoms with van der Waals surface area (Å²) in [6.07, 6.45) is 7.38. The maximum atomic E-state index is 12.3. The summed E-state index contributed by atoms with van der Waals surface area (Å²) < 4.78 is 0. The number of carbonyl (C=O) groups is 1. The van der Waals surface area contributed by atoms with E-state index in [9.17, 15) is 9.90 Å². The number of imidazole rings is 1. The molecule has 140 valence electrons. The molecule has 0 unspecified atom stereocenters. The first kappa shape index (κ1) is 17.6. The van der Waals surface area contributed by atoms with Gasteiger partial charge in [-0.25, -0.2) is 4.98 Å². The third kappa shape index (κ3) is 4.48. The number of fused-ring (bicyclic) bond motifs is 1. The van der Waals surface area contributed by atoms with Gasteiger partial charge in [0.25, 0.3) is 0 Å². The van der Waals surface area contributed by atoms with Crippen LogP contribution in [0.4, 0.5) is 5.69 Å². The van der Waals surface area contributed by atoms with E-state index in [0.29, 0.717) is 18.8 Å². The van der Waals surface area contributed by atoms with Gasteiger partial charge in [0.05, 0.1) is 11.0 Å². The van der Waals surface area contributed by atoms with Crippen LogP contribution < -0.4 is 5.32 Å². The zero-order chi connectivity index (χ0) is 18.6. The molecule has 1 aromatic heterocycles. The summed E-state index contributed by atoms with van der Waals surface area (Å²) in [4.78, 5) is 20.3. The molecule has 1 saturated carbocycles. The number of hydrogen-bond acceptors (Lipinski definition) is 3. The number of hydrogen-bond donors (Lipinski definition) is 3. The summed E-state index contributed by atoms with van der Waals surface area (Å²) in [5.41, 5.74) is 3.57. The second-order valence-electron chi connectivity index (χ2n) is 7.52. The molecule has 0 saturated heterocycles. The summed E-state index contributed by atoms with van der Waals surface area (Å²) in [6, 6.07) is 13.0. The monoisotopic (exact) mass is 363 g/mol. The normalized spacial score (nSPS) is 15.1. The Morgan fingerprint density at radius 1 is 1.15 bits per heavy atom. The Morgan fingerprint density at radius 2 is 2.00 bits per heavy atom. The Kier molecular flexibility index (Phi) is 5.10. The van der Waals surface area contributed by atoms with Crippen molar-refractivity contribution in [3.05, 3.63) is 53.9 Å². The average Bonchev–Trinajstić information content (AvgIpc) is 3.04. The minimum atomic E-state index is 0.0979. The number of phenolic OH excluding ortho intramolecular Hbond substituents is 1. The number of amides is 1. The Labute approximate surface area is 158 Å². The van der Waals surface area contributed by atoms with E-state index in [1.54, 1.807) is 12.1 Å². The molecule has 0 bridgehead atoms. The number of phenols is 1. The highest BCUT2D eigenvalue weighted by molar-refractivity contribution is 5.93. The minimum absolute atomic E-state index is 0.0979. The standard InChI is InChI=1S/C22H25N3O2/c26-18-8-4-7-16(11-18)12-21-24-19-10-9-17(14-20(19)25-21)23-22(27)13-15-5-2-1-3-6-15/h4,7-11,14-15,26H,1-3,5-6,12-13H2,(H,23,27)(H,24,25). The van der Waals surface area contributed by atoms with Crippen LogP contribution in [0, 0.1) is 5.92 Å². The maximum Gasteiger partial charge on any atom is 0.224 e. The van der Waals surface area contributed by atoms with Gasteiger partial charge in [-0.1, -0.05) is 31.4 Å². The molecule has 0 radical (unpaired) electrons. The summed E-state index contributed by atoms with van der Waals surface area (Å²) in [7, 11) is 0. The Morgan fingerprint density at radius 3 is 2.81 bits per heavy atom. The maximum absolute atomic E-state index is 12.3. The summed E-state index contributed by atoms with van der Waals surface area (Å²) in [5.74, 6) is 1.72. The van der Waals surface area contributed by atoms with E-state index >= 15 is 0 Å². The molecule has 27 heavy (non-hydrogen) atoms. The molecule has 1 aliphatic rings. The largest absolute Gasteiger partial charge is 0.508 e. The van der Waals surface area contributed by atoms with Crippen molar-refractivity contribution in [2.75, 3.05) is 5.32 Å². The second-order valence-corrected chi connectivity index (χ2v) is 7.52. The number of rotatable bonds is 5. The fraction of sp³-hybridized carbons (Fsp3) is 0.364. The van der Waals surface area contributed by atoms with E-state index in [0.717, 1.165) is 28.1 Å². The van der Waals surface area contributed by atoms with Crippen molar-refractivity contribution in [3.8, 4) is 5.75 Å². The van der Waals surface area contributed by atoms with Gasteiger partial charge in [-0.2, -0.15) is 0 Å². The number of aromatic amines is 1. The third-order valence-corrected chi connectivity index (χ3v) is 5.30. The van der Waals surface area contributed by atoms with Crippen molar-refractivity contribution < 1.29 is 9.90 Å². The molecule has 1 amide bonds. The van der Waals surface area contributed by atoms with Gasteiger partial charge < -0.3 is 15.4 Å². The van der Waals surface area contributed by atoms with Gasteiger partial charge in [0.2, 0.25) is 5.91 Å². The Balaban J connectivity index is 1.43. The fourth-order valence-electron chi connectivity index (χ4n) is 3.95. The summed E-state index contributed by atoms with van der Waals surface area (Å²) in [5, 5.41) is 12.6. The summed E-state index contributed by atoms with van der Waals surface area (Å²) in [6.45, 7) is 0. The highest BCUT2D eigenvalue weighted by Crippen LogP contribution is 2.27. The highest BCUT2D eigenvalue weighted by Gasteiger charge is 2.17. The van der Waals surface area contributed by atoms with Crippen LogP contribution >= 0.6 is 0 Å². The van der Waals surface area contributed by atoms with Gasteiger partial charge in [-0.3, -0.25) is 4.79 Å². The first-order chi connectivity index (χ1) is 13.2. The van der Waals surface area contributed by atoms with Gasteiger partial charge in [0, 0.05) is 18.5 Å². The minimum Gasteiger partial charge on any atom is -0.508 e. The molecule has 1 fully saturated rings. The molecule has 2 aromatic carbocycles. The predicted octanol–water partition coefficient (Wildman–Crippen LogP) is 4.77. The fourth-order valence-corrected chi connectivity index (χ4v) is 3.95. The lowest BCUT2D eigenvalue weighted by Crippen LogP contribution is -2.18. The number of nitrogens with zero attached hydrogens (tertiary/aromatic N) is 1. The van der Waals surface area contributed by atoms with Crippen molar-refractivity contribution in [3.63, 3.8) is 0 Å². The van der Waals surface area contributed by atoms with E-state index in [2.05, 4.69) is 15.3 Å². The van der Waals surface area contributed by atoms with E-state index in [1.165, 1.54) is 32.1 Å². The first-order valence-corrected chi connectivity index (χ1v) is 9.72. The zero-order valence-electron chi connectivity index (χ0n) is 15.4. The second kappa shape index (κ2) is 7.82. The topological polar surface area (TPSA) is 78.0 Å². The molecular formula is C22H25N3O2. The predicted molar refractivity (Wildman–Crippen MR) is 107 cm³/mol. The van der Waals surface area contributed by atoms with Crippen molar-refractivity contribution in [2.24, 2.45) is 5.92 Å². The lowest BCUT2D eigenvalue weighted by Gasteiger charge is -2.20. The van der Waals surface area contributed by atoms with Gasteiger partial charge >= 0.3 is 0 Å². The van der Waals surface area contributed by atoms with E-state index in [1.807, 2.05) is 30.3 Å². The van der Waals surface area contributed by atoms with E-state index < -0.39 is 0 Å². The lowest BCUT2D eigenvalue weighted by atomic mass is 9.87. The van der Waals surface area contributed by atoms with Crippen molar-refractivity contribution >= 4 is 22.6 Å².